The standard InChI is InChI=1S/C18H25NO2/c1-21-17-6-3-13(4-7-17)8-9-19-18(20)12-16-11-14-2-5-15(16)10-14/h3-4,6-7,14-16H,2,5,8-12H2,1H3,(H,19,20)/t14-,15-,16-/m1/s1. The normalized spacial score (nSPS) is 26.8. The Labute approximate surface area is 127 Å². The van der Waals surface area contributed by atoms with Crippen molar-refractivity contribution in [1.29, 1.82) is 0 Å². The Morgan fingerprint density at radius 2 is 2.05 bits per heavy atom. The second-order valence-electron chi connectivity index (χ2n) is 6.59. The first-order valence-electron chi connectivity index (χ1n) is 8.14. The molecule has 21 heavy (non-hydrogen) atoms. The van der Waals surface area contributed by atoms with Gasteiger partial charge in [-0.2, -0.15) is 0 Å². The number of benzene rings is 1. The molecule has 0 saturated heterocycles. The first-order chi connectivity index (χ1) is 10.2. The molecule has 3 atom stereocenters. The third-order valence-corrected chi connectivity index (χ3v) is 5.23. The van der Waals surface area contributed by atoms with Crippen LogP contribution in [0.4, 0.5) is 0 Å². The van der Waals surface area contributed by atoms with E-state index >= 15 is 0 Å². The monoisotopic (exact) mass is 287 g/mol. The lowest BCUT2D eigenvalue weighted by Gasteiger charge is -2.20. The molecule has 2 aliphatic carbocycles. The number of methoxy groups -OCH3 is 1. The molecule has 0 unspecified atom stereocenters. The van der Waals surface area contributed by atoms with E-state index in [0.29, 0.717) is 5.92 Å². The number of carbonyl (C=O) groups is 1. The SMILES string of the molecule is COc1ccc(CCNC(=O)C[C@H]2C[C@@H]3CC[C@@H]2C3)cc1. The summed E-state index contributed by atoms with van der Waals surface area (Å²) in [6.07, 6.45) is 7.05. The van der Waals surface area contributed by atoms with Crippen LogP contribution in [-0.4, -0.2) is 19.6 Å². The second kappa shape index (κ2) is 6.50. The maximum atomic E-state index is 12.0. The summed E-state index contributed by atoms with van der Waals surface area (Å²) in [5.74, 6) is 3.53. The van der Waals surface area contributed by atoms with Gasteiger partial charge in [-0.05, 0) is 61.1 Å². The summed E-state index contributed by atoms with van der Waals surface area (Å²) in [4.78, 5) is 12.0. The molecule has 114 valence electrons. The van der Waals surface area contributed by atoms with Crippen LogP contribution in [0.3, 0.4) is 0 Å². The average Bonchev–Trinajstić information content (AvgIpc) is 3.10. The fraction of sp³-hybridized carbons (Fsp3) is 0.611. The molecule has 3 nitrogen and oxygen atoms in total. The van der Waals surface area contributed by atoms with E-state index in [1.807, 2.05) is 12.1 Å². The fourth-order valence-electron chi connectivity index (χ4n) is 4.08. The minimum absolute atomic E-state index is 0.237. The number of carbonyl (C=O) groups excluding carboxylic acids is 1. The van der Waals surface area contributed by atoms with Crippen molar-refractivity contribution in [2.75, 3.05) is 13.7 Å². The van der Waals surface area contributed by atoms with E-state index in [9.17, 15) is 4.79 Å². The van der Waals surface area contributed by atoms with Crippen LogP contribution < -0.4 is 10.1 Å². The Bertz CT molecular complexity index is 482. The van der Waals surface area contributed by atoms with Crippen molar-refractivity contribution >= 4 is 5.91 Å². The van der Waals surface area contributed by atoms with Crippen molar-refractivity contribution in [2.24, 2.45) is 17.8 Å². The summed E-state index contributed by atoms with van der Waals surface area (Å²) < 4.78 is 5.14. The molecule has 3 rings (SSSR count). The van der Waals surface area contributed by atoms with Crippen LogP contribution in [0.25, 0.3) is 0 Å². The van der Waals surface area contributed by atoms with Crippen LogP contribution in [0.1, 0.15) is 37.7 Å². The third kappa shape index (κ3) is 3.58. The van der Waals surface area contributed by atoms with Gasteiger partial charge in [0.25, 0.3) is 0 Å². The summed E-state index contributed by atoms with van der Waals surface area (Å²) in [7, 11) is 1.67. The molecule has 0 heterocycles. The van der Waals surface area contributed by atoms with Gasteiger partial charge in [0.1, 0.15) is 5.75 Å². The zero-order valence-corrected chi connectivity index (χ0v) is 12.8. The highest BCUT2D eigenvalue weighted by molar-refractivity contribution is 5.76. The Morgan fingerprint density at radius 3 is 2.67 bits per heavy atom. The molecule has 2 bridgehead atoms. The predicted molar refractivity (Wildman–Crippen MR) is 83.3 cm³/mol. The van der Waals surface area contributed by atoms with Crippen molar-refractivity contribution in [3.05, 3.63) is 29.8 Å². The molecule has 1 N–H and O–H groups in total. The average molecular weight is 287 g/mol. The number of rotatable bonds is 6. The molecule has 2 fully saturated rings. The summed E-state index contributed by atoms with van der Waals surface area (Å²) in [5, 5.41) is 3.08. The highest BCUT2D eigenvalue weighted by atomic mass is 16.5. The van der Waals surface area contributed by atoms with E-state index in [1.165, 1.54) is 31.2 Å². The first kappa shape index (κ1) is 14.4. The van der Waals surface area contributed by atoms with E-state index in [2.05, 4.69) is 17.4 Å². The lowest BCUT2D eigenvalue weighted by Crippen LogP contribution is -2.28. The van der Waals surface area contributed by atoms with E-state index in [-0.39, 0.29) is 5.91 Å². The van der Waals surface area contributed by atoms with Crippen LogP contribution in [-0.2, 0) is 11.2 Å². The van der Waals surface area contributed by atoms with Crippen LogP contribution in [0, 0.1) is 17.8 Å². The molecule has 1 amide bonds. The Hall–Kier alpha value is -1.51. The van der Waals surface area contributed by atoms with Gasteiger partial charge < -0.3 is 10.1 Å². The Kier molecular flexibility index (Phi) is 4.47. The molecule has 0 aliphatic heterocycles. The highest BCUT2D eigenvalue weighted by Crippen LogP contribution is 2.49. The van der Waals surface area contributed by atoms with Crippen LogP contribution >= 0.6 is 0 Å². The van der Waals surface area contributed by atoms with Gasteiger partial charge in [0, 0.05) is 13.0 Å². The topological polar surface area (TPSA) is 38.3 Å². The van der Waals surface area contributed by atoms with Gasteiger partial charge in [-0.1, -0.05) is 18.6 Å². The minimum atomic E-state index is 0.237. The van der Waals surface area contributed by atoms with Gasteiger partial charge in [-0.3, -0.25) is 4.79 Å². The minimum Gasteiger partial charge on any atom is -0.497 e. The van der Waals surface area contributed by atoms with Gasteiger partial charge in [0.15, 0.2) is 0 Å². The summed E-state index contributed by atoms with van der Waals surface area (Å²) in [6, 6.07) is 8.04. The largest absolute Gasteiger partial charge is 0.497 e. The second-order valence-corrected chi connectivity index (χ2v) is 6.59. The van der Waals surface area contributed by atoms with Crippen molar-refractivity contribution in [3.63, 3.8) is 0 Å². The molecule has 3 heteroatoms. The quantitative estimate of drug-likeness (QED) is 0.872. The molecule has 1 aromatic carbocycles. The van der Waals surface area contributed by atoms with Crippen LogP contribution in [0.15, 0.2) is 24.3 Å². The number of hydrogen-bond acceptors (Lipinski definition) is 2. The number of hydrogen-bond donors (Lipinski definition) is 1. The van der Waals surface area contributed by atoms with E-state index < -0.39 is 0 Å². The van der Waals surface area contributed by atoms with Gasteiger partial charge in [-0.25, -0.2) is 0 Å². The molecule has 0 spiro atoms. The van der Waals surface area contributed by atoms with Gasteiger partial charge in [0.05, 0.1) is 7.11 Å². The Balaban J connectivity index is 1.37. The van der Waals surface area contributed by atoms with Crippen molar-refractivity contribution in [1.82, 2.24) is 5.32 Å². The number of fused-ring (bicyclic) bond motifs is 2. The van der Waals surface area contributed by atoms with Gasteiger partial charge in [-0.15, -0.1) is 0 Å². The lowest BCUT2D eigenvalue weighted by atomic mass is 9.86. The molecular weight excluding hydrogens is 262 g/mol. The summed E-state index contributed by atoms with van der Waals surface area (Å²) >= 11 is 0. The summed E-state index contributed by atoms with van der Waals surface area (Å²) in [6.45, 7) is 0.728. The fourth-order valence-corrected chi connectivity index (χ4v) is 4.08. The van der Waals surface area contributed by atoms with Crippen LogP contribution in [0.5, 0.6) is 5.75 Å². The predicted octanol–water partition coefficient (Wildman–Crippen LogP) is 3.18. The molecule has 2 saturated carbocycles. The maximum Gasteiger partial charge on any atom is 0.220 e. The summed E-state index contributed by atoms with van der Waals surface area (Å²) in [5.41, 5.74) is 1.23. The van der Waals surface area contributed by atoms with E-state index in [1.54, 1.807) is 7.11 Å². The molecule has 1 aromatic rings. The van der Waals surface area contributed by atoms with Crippen LogP contribution in [0.2, 0.25) is 0 Å². The zero-order valence-electron chi connectivity index (χ0n) is 12.8. The van der Waals surface area contributed by atoms with Gasteiger partial charge in [0.2, 0.25) is 5.91 Å². The van der Waals surface area contributed by atoms with Crippen molar-refractivity contribution in [2.45, 2.75) is 38.5 Å². The molecular formula is C18H25NO2. The van der Waals surface area contributed by atoms with Crippen molar-refractivity contribution < 1.29 is 9.53 Å². The number of nitrogens with one attached hydrogen (secondary N) is 1. The highest BCUT2D eigenvalue weighted by Gasteiger charge is 2.39. The third-order valence-electron chi connectivity index (χ3n) is 5.23. The Morgan fingerprint density at radius 1 is 1.24 bits per heavy atom. The number of ether oxygens (including phenoxy) is 1. The molecule has 0 radical (unpaired) electrons. The van der Waals surface area contributed by atoms with Crippen molar-refractivity contribution in [3.8, 4) is 5.75 Å². The van der Waals surface area contributed by atoms with E-state index in [0.717, 1.165) is 37.0 Å². The maximum absolute atomic E-state index is 12.0. The van der Waals surface area contributed by atoms with Gasteiger partial charge >= 0.3 is 0 Å². The lowest BCUT2D eigenvalue weighted by molar-refractivity contribution is -0.122. The molecule has 0 aromatic heterocycles. The molecule has 2 aliphatic rings. The number of amides is 1. The smallest absolute Gasteiger partial charge is 0.220 e. The first-order valence-corrected chi connectivity index (χ1v) is 8.14. The zero-order chi connectivity index (χ0) is 14.7. The van der Waals surface area contributed by atoms with E-state index in [4.69, 9.17) is 4.74 Å².